The number of rotatable bonds is 5. The molecule has 0 radical (unpaired) electrons. The molecule has 0 bridgehead atoms. The van der Waals surface area contributed by atoms with Crippen LogP contribution < -0.4 is 10.2 Å². The van der Waals surface area contributed by atoms with Crippen molar-refractivity contribution in [1.82, 2.24) is 4.98 Å². The molecule has 0 unspecified atom stereocenters. The molecule has 2 heterocycles. The molecule has 0 atom stereocenters. The van der Waals surface area contributed by atoms with Gasteiger partial charge in [0.15, 0.2) is 5.78 Å². The van der Waals surface area contributed by atoms with Crippen LogP contribution in [0.3, 0.4) is 0 Å². The molecule has 1 N–H and O–H groups in total. The summed E-state index contributed by atoms with van der Waals surface area (Å²) < 4.78 is 19.8. The summed E-state index contributed by atoms with van der Waals surface area (Å²) in [5.74, 6) is -1.44. The Labute approximate surface area is 206 Å². The largest absolute Gasteiger partial charge is 0.378 e. The molecule has 1 fully saturated rings. The maximum Gasteiger partial charge on any atom is 0.255 e. The molecule has 0 saturated carbocycles. The number of hydrogen-bond acceptors (Lipinski definition) is 5. The van der Waals surface area contributed by atoms with Crippen LogP contribution in [0, 0.1) is 5.82 Å². The van der Waals surface area contributed by atoms with E-state index in [0.29, 0.717) is 29.4 Å². The first-order valence-corrected chi connectivity index (χ1v) is 11.5. The number of halogens is 2. The predicted octanol–water partition coefficient (Wildman–Crippen LogP) is 5.35. The summed E-state index contributed by atoms with van der Waals surface area (Å²) in [4.78, 5) is 32.5. The van der Waals surface area contributed by atoms with Gasteiger partial charge in [0.2, 0.25) is 0 Å². The third-order valence-electron chi connectivity index (χ3n) is 5.81. The number of nitrogens with zero attached hydrogens (tertiary/aromatic N) is 2. The molecule has 1 amide bonds. The zero-order chi connectivity index (χ0) is 24.4. The van der Waals surface area contributed by atoms with Crippen LogP contribution in [0.2, 0.25) is 5.02 Å². The maximum atomic E-state index is 14.4. The normalized spacial score (nSPS) is 13.6. The van der Waals surface area contributed by atoms with Crippen molar-refractivity contribution in [3.8, 4) is 0 Å². The Balaban J connectivity index is 1.41. The fourth-order valence-electron chi connectivity index (χ4n) is 4.05. The van der Waals surface area contributed by atoms with Gasteiger partial charge in [-0.15, -0.1) is 0 Å². The summed E-state index contributed by atoms with van der Waals surface area (Å²) in [5.41, 5.74) is 2.75. The van der Waals surface area contributed by atoms with E-state index in [9.17, 15) is 14.0 Å². The van der Waals surface area contributed by atoms with Crippen LogP contribution in [0.1, 0.15) is 26.3 Å². The predicted molar refractivity (Wildman–Crippen MR) is 134 cm³/mol. The van der Waals surface area contributed by atoms with Crippen LogP contribution in [0.4, 0.5) is 15.8 Å². The van der Waals surface area contributed by atoms with Gasteiger partial charge in [-0.3, -0.25) is 14.6 Å². The van der Waals surface area contributed by atoms with E-state index in [1.165, 1.54) is 12.1 Å². The lowest BCUT2D eigenvalue weighted by molar-refractivity contribution is 0.102. The first kappa shape index (κ1) is 23.0. The van der Waals surface area contributed by atoms with E-state index in [-0.39, 0.29) is 17.0 Å². The van der Waals surface area contributed by atoms with Gasteiger partial charge in [0.1, 0.15) is 5.82 Å². The van der Waals surface area contributed by atoms with Crippen molar-refractivity contribution >= 4 is 45.6 Å². The second kappa shape index (κ2) is 9.82. The van der Waals surface area contributed by atoms with Crippen molar-refractivity contribution in [2.75, 3.05) is 36.5 Å². The van der Waals surface area contributed by atoms with E-state index < -0.39 is 11.7 Å². The SMILES string of the molecule is O=C(Nc1cc(F)cc(C(=O)c2ccc3ncc(N4CCOCC4)cc3c2)c1)c1cccc(Cl)c1. The van der Waals surface area contributed by atoms with Crippen LogP contribution in [-0.4, -0.2) is 43.0 Å². The monoisotopic (exact) mass is 489 g/mol. The van der Waals surface area contributed by atoms with Crippen molar-refractivity contribution in [2.45, 2.75) is 0 Å². The molecule has 5 rings (SSSR count). The molecular formula is C27H21ClFN3O3. The van der Waals surface area contributed by atoms with Gasteiger partial charge in [-0.05, 0) is 60.7 Å². The minimum atomic E-state index is -0.630. The number of amides is 1. The highest BCUT2D eigenvalue weighted by molar-refractivity contribution is 6.31. The van der Waals surface area contributed by atoms with Crippen LogP contribution in [-0.2, 0) is 4.74 Å². The average molecular weight is 490 g/mol. The van der Waals surface area contributed by atoms with Crippen molar-refractivity contribution in [3.05, 3.63) is 100 Å². The first-order valence-electron chi connectivity index (χ1n) is 11.1. The van der Waals surface area contributed by atoms with E-state index in [0.717, 1.165) is 41.8 Å². The van der Waals surface area contributed by atoms with Crippen LogP contribution >= 0.6 is 11.6 Å². The number of ketones is 1. The molecule has 0 spiro atoms. The third kappa shape index (κ3) is 5.16. The highest BCUT2D eigenvalue weighted by Crippen LogP contribution is 2.24. The molecule has 1 aliphatic rings. The standard InChI is InChI=1S/C27H21ClFN3O3/c28-21-3-1-2-18(11-21)27(34)31-23-13-20(12-22(29)15-23)26(33)17-4-5-25-19(10-17)14-24(16-30-25)32-6-8-35-9-7-32/h1-5,10-16H,6-9H2,(H,31,34). The summed E-state index contributed by atoms with van der Waals surface area (Å²) in [6.07, 6.45) is 1.82. The van der Waals surface area contributed by atoms with E-state index in [1.54, 1.807) is 36.4 Å². The fourth-order valence-corrected chi connectivity index (χ4v) is 4.24. The first-order chi connectivity index (χ1) is 17.0. The van der Waals surface area contributed by atoms with Gasteiger partial charge < -0.3 is 15.0 Å². The summed E-state index contributed by atoms with van der Waals surface area (Å²) in [5, 5.41) is 3.85. The fraction of sp³-hybridized carbons (Fsp3) is 0.148. The van der Waals surface area contributed by atoms with Crippen LogP contribution in [0.25, 0.3) is 10.9 Å². The number of nitrogens with one attached hydrogen (secondary N) is 1. The van der Waals surface area contributed by atoms with Crippen LogP contribution in [0.5, 0.6) is 0 Å². The number of pyridine rings is 1. The number of anilines is 2. The summed E-state index contributed by atoms with van der Waals surface area (Å²) >= 11 is 5.95. The van der Waals surface area contributed by atoms with Crippen molar-refractivity contribution in [2.24, 2.45) is 0 Å². The average Bonchev–Trinajstić information content (AvgIpc) is 2.87. The molecule has 35 heavy (non-hydrogen) atoms. The van der Waals surface area contributed by atoms with Crippen molar-refractivity contribution in [3.63, 3.8) is 0 Å². The molecule has 6 nitrogen and oxygen atoms in total. The minimum Gasteiger partial charge on any atom is -0.378 e. The molecule has 3 aromatic carbocycles. The smallest absolute Gasteiger partial charge is 0.255 e. The van der Waals surface area contributed by atoms with Gasteiger partial charge in [-0.2, -0.15) is 0 Å². The number of carbonyl (C=O) groups is 2. The number of morpholine rings is 1. The summed E-state index contributed by atoms with van der Waals surface area (Å²) in [6, 6.07) is 17.4. The highest BCUT2D eigenvalue weighted by Gasteiger charge is 2.16. The number of aromatic nitrogens is 1. The number of hydrogen-bond donors (Lipinski definition) is 1. The number of benzene rings is 3. The second-order valence-corrected chi connectivity index (χ2v) is 8.66. The van der Waals surface area contributed by atoms with Crippen molar-refractivity contribution < 1.29 is 18.7 Å². The number of ether oxygens (including phenoxy) is 1. The van der Waals surface area contributed by atoms with Gasteiger partial charge in [0.25, 0.3) is 5.91 Å². The minimum absolute atomic E-state index is 0.128. The van der Waals surface area contributed by atoms with E-state index in [1.807, 2.05) is 12.3 Å². The van der Waals surface area contributed by atoms with Gasteiger partial charge >= 0.3 is 0 Å². The van der Waals surface area contributed by atoms with E-state index >= 15 is 0 Å². The molecule has 8 heteroatoms. The number of fused-ring (bicyclic) bond motifs is 1. The molecule has 0 aliphatic carbocycles. The lowest BCUT2D eigenvalue weighted by Crippen LogP contribution is -2.36. The zero-order valence-corrected chi connectivity index (χ0v) is 19.4. The Kier molecular flexibility index (Phi) is 6.44. The second-order valence-electron chi connectivity index (χ2n) is 8.22. The quantitative estimate of drug-likeness (QED) is 0.383. The Hall–Kier alpha value is -3.81. The Morgan fingerprint density at radius 3 is 2.57 bits per heavy atom. The zero-order valence-electron chi connectivity index (χ0n) is 18.6. The lowest BCUT2D eigenvalue weighted by atomic mass is 10.0. The molecule has 1 aliphatic heterocycles. The van der Waals surface area contributed by atoms with E-state index in [4.69, 9.17) is 16.3 Å². The van der Waals surface area contributed by atoms with Gasteiger partial charge in [0.05, 0.1) is 30.6 Å². The molecule has 1 aromatic heterocycles. The summed E-state index contributed by atoms with van der Waals surface area (Å²) in [7, 11) is 0. The molecule has 4 aromatic rings. The molecule has 1 saturated heterocycles. The molecular weight excluding hydrogens is 469 g/mol. The maximum absolute atomic E-state index is 14.4. The lowest BCUT2D eigenvalue weighted by Gasteiger charge is -2.28. The van der Waals surface area contributed by atoms with Gasteiger partial charge in [-0.25, -0.2) is 4.39 Å². The Bertz CT molecular complexity index is 1440. The summed E-state index contributed by atoms with van der Waals surface area (Å²) in [6.45, 7) is 2.87. The van der Waals surface area contributed by atoms with Crippen LogP contribution in [0.15, 0.2) is 72.9 Å². The van der Waals surface area contributed by atoms with Gasteiger partial charge in [0, 0.05) is 45.9 Å². The van der Waals surface area contributed by atoms with Crippen molar-refractivity contribution in [1.29, 1.82) is 0 Å². The highest BCUT2D eigenvalue weighted by atomic mass is 35.5. The van der Waals surface area contributed by atoms with E-state index in [2.05, 4.69) is 15.2 Å². The Morgan fingerprint density at radius 2 is 1.77 bits per heavy atom. The third-order valence-corrected chi connectivity index (χ3v) is 6.04. The topological polar surface area (TPSA) is 71.5 Å². The molecule has 176 valence electrons. The Morgan fingerprint density at radius 1 is 0.943 bits per heavy atom. The number of carbonyl (C=O) groups excluding carboxylic acids is 2. The van der Waals surface area contributed by atoms with Gasteiger partial charge in [-0.1, -0.05) is 17.7 Å².